The summed E-state index contributed by atoms with van der Waals surface area (Å²) in [5.74, 6) is 0. The first-order chi connectivity index (χ1) is 4.68. The highest BCUT2D eigenvalue weighted by Crippen LogP contribution is 2.09. The van der Waals surface area contributed by atoms with Crippen LogP contribution >= 0.6 is 0 Å². The summed E-state index contributed by atoms with van der Waals surface area (Å²) in [7, 11) is 4.01. The highest BCUT2D eigenvalue weighted by Gasteiger charge is 2.23. The van der Waals surface area contributed by atoms with Gasteiger partial charge in [-0.25, -0.2) is 4.39 Å². The predicted molar refractivity (Wildman–Crippen MR) is 39.9 cm³/mol. The summed E-state index contributed by atoms with van der Waals surface area (Å²) >= 11 is 0. The predicted octanol–water partition coefficient (Wildman–Crippen LogP) is 0.248. The maximum atomic E-state index is 12.5. The van der Waals surface area contributed by atoms with Crippen LogP contribution in [0.5, 0.6) is 0 Å². The lowest BCUT2D eigenvalue weighted by atomic mass is 10.2. The normalized spacial score (nSPS) is 33.6. The molecule has 10 heavy (non-hydrogen) atoms. The Balaban J connectivity index is 2.18. The molecule has 0 aliphatic carbocycles. The van der Waals surface area contributed by atoms with E-state index in [0.717, 1.165) is 6.54 Å². The number of hydrogen-bond donors (Lipinski definition) is 1. The quantitative estimate of drug-likeness (QED) is 0.600. The number of likely N-dealkylation sites (N-methyl/N-ethyl adjacent to an activating group) is 1. The van der Waals surface area contributed by atoms with E-state index in [1.54, 1.807) is 0 Å². The van der Waals surface area contributed by atoms with Gasteiger partial charge in [0.25, 0.3) is 0 Å². The average Bonchev–Trinajstić information content (AvgIpc) is 2.13. The van der Waals surface area contributed by atoms with Crippen LogP contribution in [0.25, 0.3) is 0 Å². The standard InChI is InChI=1S/C7H15FN2/c1-10(2)5-7-3-6(8)4-9-7/h6-7,9H,3-5H2,1-2H3/t6?,7-/m1/s1. The van der Waals surface area contributed by atoms with Crippen LogP contribution in [0.1, 0.15) is 6.42 Å². The van der Waals surface area contributed by atoms with E-state index in [4.69, 9.17) is 0 Å². The summed E-state index contributed by atoms with van der Waals surface area (Å²) in [6.45, 7) is 1.49. The lowest BCUT2D eigenvalue weighted by Gasteiger charge is -2.15. The molecule has 1 heterocycles. The Kier molecular flexibility index (Phi) is 2.63. The molecule has 0 bridgehead atoms. The first-order valence-corrected chi connectivity index (χ1v) is 3.70. The van der Waals surface area contributed by atoms with E-state index < -0.39 is 6.17 Å². The molecular weight excluding hydrogens is 131 g/mol. The van der Waals surface area contributed by atoms with E-state index in [1.165, 1.54) is 0 Å². The Morgan fingerprint density at radius 1 is 1.60 bits per heavy atom. The molecule has 0 saturated carbocycles. The minimum atomic E-state index is -0.620. The molecule has 0 spiro atoms. The summed E-state index contributed by atoms with van der Waals surface area (Å²) in [4.78, 5) is 2.08. The molecule has 60 valence electrons. The fourth-order valence-corrected chi connectivity index (χ4v) is 1.35. The van der Waals surface area contributed by atoms with Gasteiger partial charge in [-0.3, -0.25) is 0 Å². The van der Waals surface area contributed by atoms with Crippen LogP contribution in [-0.4, -0.2) is 44.3 Å². The molecule has 1 rings (SSSR count). The highest BCUT2D eigenvalue weighted by molar-refractivity contribution is 4.82. The summed E-state index contributed by atoms with van der Waals surface area (Å²) < 4.78 is 12.5. The summed E-state index contributed by atoms with van der Waals surface area (Å²) in [5, 5.41) is 3.12. The second-order valence-electron chi connectivity index (χ2n) is 3.20. The highest BCUT2D eigenvalue weighted by atomic mass is 19.1. The monoisotopic (exact) mass is 146 g/mol. The van der Waals surface area contributed by atoms with Crippen LogP contribution in [0.2, 0.25) is 0 Å². The van der Waals surface area contributed by atoms with E-state index in [2.05, 4.69) is 10.2 Å². The fourth-order valence-electron chi connectivity index (χ4n) is 1.35. The maximum Gasteiger partial charge on any atom is 0.114 e. The Labute approximate surface area is 61.4 Å². The van der Waals surface area contributed by atoms with E-state index in [1.807, 2.05) is 14.1 Å². The zero-order valence-corrected chi connectivity index (χ0v) is 6.60. The molecule has 1 unspecified atom stereocenters. The van der Waals surface area contributed by atoms with E-state index in [-0.39, 0.29) is 0 Å². The van der Waals surface area contributed by atoms with Crippen molar-refractivity contribution in [1.29, 1.82) is 0 Å². The van der Waals surface area contributed by atoms with Crippen LogP contribution in [-0.2, 0) is 0 Å². The van der Waals surface area contributed by atoms with Gasteiger partial charge in [-0.05, 0) is 20.5 Å². The Morgan fingerprint density at radius 3 is 2.70 bits per heavy atom. The lowest BCUT2D eigenvalue weighted by molar-refractivity contribution is 0.328. The molecule has 1 aliphatic heterocycles. The minimum Gasteiger partial charge on any atom is -0.310 e. The van der Waals surface area contributed by atoms with Crippen molar-refractivity contribution in [3.63, 3.8) is 0 Å². The molecule has 1 N–H and O–H groups in total. The van der Waals surface area contributed by atoms with Gasteiger partial charge in [-0.2, -0.15) is 0 Å². The van der Waals surface area contributed by atoms with Crippen molar-refractivity contribution in [1.82, 2.24) is 10.2 Å². The van der Waals surface area contributed by atoms with Crippen molar-refractivity contribution in [3.8, 4) is 0 Å². The molecular formula is C7H15FN2. The molecule has 2 nitrogen and oxygen atoms in total. The van der Waals surface area contributed by atoms with Crippen molar-refractivity contribution >= 4 is 0 Å². The first kappa shape index (κ1) is 7.95. The SMILES string of the molecule is CN(C)C[C@H]1CC(F)CN1. The van der Waals surface area contributed by atoms with Crippen molar-refractivity contribution in [2.75, 3.05) is 27.2 Å². The number of halogens is 1. The van der Waals surface area contributed by atoms with Gasteiger partial charge in [0, 0.05) is 19.1 Å². The summed E-state index contributed by atoms with van der Waals surface area (Å²) in [6.07, 6.45) is 0.0583. The van der Waals surface area contributed by atoms with Gasteiger partial charge in [-0.1, -0.05) is 0 Å². The van der Waals surface area contributed by atoms with Gasteiger partial charge >= 0.3 is 0 Å². The maximum absolute atomic E-state index is 12.5. The molecule has 2 atom stereocenters. The smallest absolute Gasteiger partial charge is 0.114 e. The third kappa shape index (κ3) is 2.23. The number of hydrogen-bond acceptors (Lipinski definition) is 2. The topological polar surface area (TPSA) is 15.3 Å². The fraction of sp³-hybridized carbons (Fsp3) is 1.00. The summed E-state index contributed by atoms with van der Waals surface area (Å²) in [6, 6.07) is 0.366. The molecule has 0 aromatic carbocycles. The van der Waals surface area contributed by atoms with Crippen molar-refractivity contribution < 1.29 is 4.39 Å². The van der Waals surface area contributed by atoms with Crippen LogP contribution in [0.15, 0.2) is 0 Å². The van der Waals surface area contributed by atoms with Crippen molar-refractivity contribution in [2.45, 2.75) is 18.6 Å². The van der Waals surface area contributed by atoms with Gasteiger partial charge in [0.2, 0.25) is 0 Å². The van der Waals surface area contributed by atoms with Crippen LogP contribution in [0.3, 0.4) is 0 Å². The molecule has 1 aliphatic rings. The van der Waals surface area contributed by atoms with Gasteiger partial charge in [0.15, 0.2) is 0 Å². The largest absolute Gasteiger partial charge is 0.310 e. The summed E-state index contributed by atoms with van der Waals surface area (Å²) in [5.41, 5.74) is 0. The van der Waals surface area contributed by atoms with E-state index in [9.17, 15) is 4.39 Å². The Morgan fingerprint density at radius 2 is 2.30 bits per heavy atom. The number of alkyl halides is 1. The molecule has 0 amide bonds. The van der Waals surface area contributed by atoms with Gasteiger partial charge in [-0.15, -0.1) is 0 Å². The zero-order valence-electron chi connectivity index (χ0n) is 6.60. The Bertz CT molecular complexity index is 106. The van der Waals surface area contributed by atoms with Crippen molar-refractivity contribution in [3.05, 3.63) is 0 Å². The minimum absolute atomic E-state index is 0.366. The number of nitrogens with one attached hydrogen (secondary N) is 1. The van der Waals surface area contributed by atoms with E-state index in [0.29, 0.717) is 19.0 Å². The van der Waals surface area contributed by atoms with Crippen LogP contribution < -0.4 is 5.32 Å². The van der Waals surface area contributed by atoms with Crippen LogP contribution in [0, 0.1) is 0 Å². The second-order valence-corrected chi connectivity index (χ2v) is 3.20. The van der Waals surface area contributed by atoms with Gasteiger partial charge in [0.1, 0.15) is 6.17 Å². The Hall–Kier alpha value is -0.150. The lowest BCUT2D eigenvalue weighted by Crippen LogP contribution is -2.33. The second kappa shape index (κ2) is 3.30. The molecule has 0 aromatic rings. The van der Waals surface area contributed by atoms with E-state index >= 15 is 0 Å². The first-order valence-electron chi connectivity index (χ1n) is 3.70. The van der Waals surface area contributed by atoms with Crippen molar-refractivity contribution in [2.24, 2.45) is 0 Å². The third-order valence-corrected chi connectivity index (χ3v) is 1.75. The zero-order chi connectivity index (χ0) is 7.56. The molecule has 0 radical (unpaired) electrons. The van der Waals surface area contributed by atoms with Gasteiger partial charge in [0.05, 0.1) is 0 Å². The van der Waals surface area contributed by atoms with Gasteiger partial charge < -0.3 is 10.2 Å². The number of rotatable bonds is 2. The van der Waals surface area contributed by atoms with Crippen LogP contribution in [0.4, 0.5) is 4.39 Å². The average molecular weight is 146 g/mol. The molecule has 3 heteroatoms. The molecule has 0 aromatic heterocycles. The molecule has 1 fully saturated rings. The third-order valence-electron chi connectivity index (χ3n) is 1.75. The molecule has 1 saturated heterocycles. The number of nitrogens with zero attached hydrogens (tertiary/aromatic N) is 1.